The number of benzene rings is 1. The number of carbonyl (C=O) groups is 1. The van der Waals surface area contributed by atoms with Gasteiger partial charge in [0.2, 0.25) is 0 Å². The number of esters is 1. The Morgan fingerprint density at radius 3 is 2.72 bits per heavy atom. The summed E-state index contributed by atoms with van der Waals surface area (Å²) in [5.74, 6) is 0.394. The molecular formula is C14H20N2O2. The summed E-state index contributed by atoms with van der Waals surface area (Å²) < 4.78 is 4.82. The zero-order valence-corrected chi connectivity index (χ0v) is 11.1. The van der Waals surface area contributed by atoms with Crippen LogP contribution in [-0.2, 0) is 4.74 Å². The van der Waals surface area contributed by atoms with E-state index in [4.69, 9.17) is 10.5 Å². The van der Waals surface area contributed by atoms with Crippen molar-refractivity contribution in [3.8, 4) is 0 Å². The monoisotopic (exact) mass is 248 g/mol. The van der Waals surface area contributed by atoms with Crippen molar-refractivity contribution >= 4 is 17.3 Å². The lowest BCUT2D eigenvalue weighted by atomic mass is 10.1. The predicted molar refractivity (Wildman–Crippen MR) is 72.8 cm³/mol. The second-order valence-corrected chi connectivity index (χ2v) is 4.96. The molecule has 4 nitrogen and oxygen atoms in total. The van der Waals surface area contributed by atoms with E-state index in [0.717, 1.165) is 11.6 Å². The summed E-state index contributed by atoms with van der Waals surface area (Å²) in [7, 11) is 3.40. The summed E-state index contributed by atoms with van der Waals surface area (Å²) in [6.07, 6.45) is 2.54. The molecule has 2 N–H and O–H groups in total. The van der Waals surface area contributed by atoms with Crippen molar-refractivity contribution in [2.75, 3.05) is 24.8 Å². The van der Waals surface area contributed by atoms with Crippen LogP contribution in [0.5, 0.6) is 0 Å². The lowest BCUT2D eigenvalue weighted by molar-refractivity contribution is 0.0601. The van der Waals surface area contributed by atoms with Gasteiger partial charge in [0, 0.05) is 18.8 Å². The molecule has 1 atom stereocenters. The Balaban J connectivity index is 2.33. The van der Waals surface area contributed by atoms with Crippen LogP contribution < -0.4 is 10.6 Å². The van der Waals surface area contributed by atoms with E-state index in [0.29, 0.717) is 17.3 Å². The van der Waals surface area contributed by atoms with E-state index >= 15 is 0 Å². The maximum Gasteiger partial charge on any atom is 0.340 e. The molecule has 0 amide bonds. The van der Waals surface area contributed by atoms with Gasteiger partial charge in [-0.2, -0.15) is 0 Å². The standard InChI is InChI=1S/C14H20N2O2/c1-9(10-4-5-10)16(2)13-7-6-11(15)8-12(13)14(17)18-3/h6-10H,4-5,15H2,1-3H3. The highest BCUT2D eigenvalue weighted by Crippen LogP contribution is 2.37. The minimum Gasteiger partial charge on any atom is -0.465 e. The van der Waals surface area contributed by atoms with Crippen LogP contribution in [0.3, 0.4) is 0 Å². The van der Waals surface area contributed by atoms with Crippen LogP contribution in [0, 0.1) is 5.92 Å². The van der Waals surface area contributed by atoms with Crippen molar-refractivity contribution in [2.45, 2.75) is 25.8 Å². The van der Waals surface area contributed by atoms with Crippen LogP contribution in [-0.4, -0.2) is 26.2 Å². The third-order valence-electron chi connectivity index (χ3n) is 3.72. The van der Waals surface area contributed by atoms with Gasteiger partial charge in [-0.1, -0.05) is 0 Å². The number of anilines is 2. The fraction of sp³-hybridized carbons (Fsp3) is 0.500. The lowest BCUT2D eigenvalue weighted by Crippen LogP contribution is -2.32. The molecule has 0 spiro atoms. The lowest BCUT2D eigenvalue weighted by Gasteiger charge is -2.28. The Kier molecular flexibility index (Phi) is 3.45. The number of nitrogens with two attached hydrogens (primary N) is 1. The summed E-state index contributed by atoms with van der Waals surface area (Å²) in [4.78, 5) is 13.9. The van der Waals surface area contributed by atoms with Gasteiger partial charge in [-0.05, 0) is 43.9 Å². The van der Waals surface area contributed by atoms with E-state index < -0.39 is 0 Å². The molecule has 18 heavy (non-hydrogen) atoms. The zero-order valence-electron chi connectivity index (χ0n) is 11.1. The van der Waals surface area contributed by atoms with Crippen LogP contribution in [0.15, 0.2) is 18.2 Å². The highest BCUT2D eigenvalue weighted by molar-refractivity contribution is 5.97. The molecule has 2 rings (SSSR count). The van der Waals surface area contributed by atoms with Crippen LogP contribution >= 0.6 is 0 Å². The largest absolute Gasteiger partial charge is 0.465 e. The third-order valence-corrected chi connectivity index (χ3v) is 3.72. The smallest absolute Gasteiger partial charge is 0.340 e. The molecule has 98 valence electrons. The Hall–Kier alpha value is -1.71. The van der Waals surface area contributed by atoms with Crippen molar-refractivity contribution in [3.05, 3.63) is 23.8 Å². The number of methoxy groups -OCH3 is 1. The van der Waals surface area contributed by atoms with E-state index in [9.17, 15) is 4.79 Å². The third kappa shape index (κ3) is 2.42. The molecule has 1 saturated carbocycles. The Morgan fingerprint density at radius 2 is 2.17 bits per heavy atom. The molecule has 1 aromatic rings. The van der Waals surface area contributed by atoms with Gasteiger partial charge in [-0.3, -0.25) is 0 Å². The number of nitrogens with zero attached hydrogens (tertiary/aromatic N) is 1. The molecule has 4 heteroatoms. The number of ether oxygens (including phenoxy) is 1. The second kappa shape index (κ2) is 4.88. The first kappa shape index (κ1) is 12.7. The van der Waals surface area contributed by atoms with Gasteiger partial charge in [-0.15, -0.1) is 0 Å². The topological polar surface area (TPSA) is 55.6 Å². The second-order valence-electron chi connectivity index (χ2n) is 4.96. The van der Waals surface area contributed by atoms with Crippen LogP contribution in [0.25, 0.3) is 0 Å². The molecule has 1 fully saturated rings. The molecule has 0 heterocycles. The Bertz CT molecular complexity index is 455. The molecular weight excluding hydrogens is 228 g/mol. The minimum atomic E-state index is -0.341. The average Bonchev–Trinajstić information content (AvgIpc) is 3.20. The predicted octanol–water partition coefficient (Wildman–Crippen LogP) is 2.29. The average molecular weight is 248 g/mol. The van der Waals surface area contributed by atoms with Gasteiger partial charge in [0.25, 0.3) is 0 Å². The molecule has 1 aliphatic rings. The maximum absolute atomic E-state index is 11.8. The number of hydrogen-bond donors (Lipinski definition) is 1. The van der Waals surface area contributed by atoms with E-state index in [1.165, 1.54) is 20.0 Å². The fourth-order valence-corrected chi connectivity index (χ4v) is 2.25. The first-order valence-electron chi connectivity index (χ1n) is 6.25. The van der Waals surface area contributed by atoms with Crippen molar-refractivity contribution in [1.82, 2.24) is 0 Å². The quantitative estimate of drug-likeness (QED) is 0.656. The van der Waals surface area contributed by atoms with Crippen LogP contribution in [0.4, 0.5) is 11.4 Å². The summed E-state index contributed by atoms with van der Waals surface area (Å²) in [5, 5.41) is 0. The maximum atomic E-state index is 11.8. The van der Waals surface area contributed by atoms with Crippen molar-refractivity contribution in [3.63, 3.8) is 0 Å². The van der Waals surface area contributed by atoms with E-state index in [-0.39, 0.29) is 5.97 Å². The molecule has 1 unspecified atom stereocenters. The minimum absolute atomic E-state index is 0.341. The normalized spacial score (nSPS) is 16.2. The Labute approximate surface area is 108 Å². The molecule has 0 saturated heterocycles. The van der Waals surface area contributed by atoms with E-state index in [1.807, 2.05) is 19.2 Å². The molecule has 1 aliphatic carbocycles. The molecule has 0 aliphatic heterocycles. The fourth-order valence-electron chi connectivity index (χ4n) is 2.25. The van der Waals surface area contributed by atoms with Crippen LogP contribution in [0.1, 0.15) is 30.1 Å². The van der Waals surface area contributed by atoms with Gasteiger partial charge in [0.15, 0.2) is 0 Å². The van der Waals surface area contributed by atoms with Gasteiger partial charge in [-0.25, -0.2) is 4.79 Å². The van der Waals surface area contributed by atoms with Crippen molar-refractivity contribution in [2.24, 2.45) is 5.92 Å². The van der Waals surface area contributed by atoms with Crippen molar-refractivity contribution in [1.29, 1.82) is 0 Å². The highest BCUT2D eigenvalue weighted by atomic mass is 16.5. The van der Waals surface area contributed by atoms with E-state index in [1.54, 1.807) is 6.07 Å². The van der Waals surface area contributed by atoms with Gasteiger partial charge in [0.05, 0.1) is 18.4 Å². The molecule has 0 bridgehead atoms. The van der Waals surface area contributed by atoms with E-state index in [2.05, 4.69) is 11.8 Å². The van der Waals surface area contributed by atoms with Gasteiger partial charge >= 0.3 is 5.97 Å². The summed E-state index contributed by atoms with van der Waals surface area (Å²) >= 11 is 0. The van der Waals surface area contributed by atoms with Crippen LogP contribution in [0.2, 0.25) is 0 Å². The first-order chi connectivity index (χ1) is 8.54. The Morgan fingerprint density at radius 1 is 1.50 bits per heavy atom. The number of carbonyl (C=O) groups excluding carboxylic acids is 1. The molecule has 0 aromatic heterocycles. The first-order valence-corrected chi connectivity index (χ1v) is 6.25. The highest BCUT2D eigenvalue weighted by Gasteiger charge is 2.31. The molecule has 0 radical (unpaired) electrons. The summed E-state index contributed by atoms with van der Waals surface area (Å²) in [6, 6.07) is 5.81. The zero-order chi connectivity index (χ0) is 13.3. The SMILES string of the molecule is COC(=O)c1cc(N)ccc1N(C)C(C)C1CC1. The molecule has 1 aromatic carbocycles. The number of nitrogen functional groups attached to an aromatic ring is 1. The van der Waals surface area contributed by atoms with Gasteiger partial charge in [0.1, 0.15) is 0 Å². The summed E-state index contributed by atoms with van der Waals surface area (Å²) in [5.41, 5.74) is 7.74. The number of rotatable bonds is 4. The summed E-state index contributed by atoms with van der Waals surface area (Å²) in [6.45, 7) is 2.19. The van der Waals surface area contributed by atoms with Gasteiger partial charge < -0.3 is 15.4 Å². The van der Waals surface area contributed by atoms with Crippen molar-refractivity contribution < 1.29 is 9.53 Å². The number of hydrogen-bond acceptors (Lipinski definition) is 4.